The Morgan fingerprint density at radius 2 is 1.65 bits per heavy atom. The third-order valence-corrected chi connectivity index (χ3v) is 3.41. The zero-order valence-corrected chi connectivity index (χ0v) is 11.4. The predicted octanol–water partition coefficient (Wildman–Crippen LogP) is 3.40. The second kappa shape index (κ2) is 5.47. The molecule has 3 rings (SSSR count). The molecule has 2 aromatic rings. The molecule has 0 aromatic heterocycles. The van der Waals surface area contributed by atoms with Gasteiger partial charge in [0, 0.05) is 0 Å². The molecule has 0 N–H and O–H groups in total. The lowest BCUT2D eigenvalue weighted by atomic mass is 10.1. The quantitative estimate of drug-likeness (QED) is 0.639. The Hall–Kier alpha value is -2.13. The Kier molecular flexibility index (Phi) is 3.52. The van der Waals surface area contributed by atoms with Crippen molar-refractivity contribution in [3.63, 3.8) is 0 Å². The summed E-state index contributed by atoms with van der Waals surface area (Å²) in [7, 11) is 0. The highest BCUT2D eigenvalue weighted by Crippen LogP contribution is 2.44. The minimum Gasteiger partial charge on any atom is -0.359 e. The van der Waals surface area contributed by atoms with Gasteiger partial charge in [0.05, 0.1) is 5.16 Å². The van der Waals surface area contributed by atoms with E-state index < -0.39 is 5.91 Å². The van der Waals surface area contributed by atoms with Crippen LogP contribution in [0.25, 0.3) is 11.1 Å². The van der Waals surface area contributed by atoms with E-state index in [9.17, 15) is 4.79 Å². The number of isothiocyanates is 1. The van der Waals surface area contributed by atoms with Gasteiger partial charge >= 0.3 is 0 Å². The van der Waals surface area contributed by atoms with E-state index in [2.05, 4.69) is 34.5 Å². The van der Waals surface area contributed by atoms with Gasteiger partial charge < -0.3 is 4.74 Å². The highest BCUT2D eigenvalue weighted by Gasteiger charge is 2.28. The van der Waals surface area contributed by atoms with Gasteiger partial charge in [-0.05, 0) is 34.5 Å². The van der Waals surface area contributed by atoms with Gasteiger partial charge in [-0.25, -0.2) is 0 Å². The molecule has 0 fully saturated rings. The van der Waals surface area contributed by atoms with Crippen LogP contribution in [0, 0.1) is 0 Å². The maximum Gasteiger partial charge on any atom is 0.280 e. The van der Waals surface area contributed by atoms with Crippen molar-refractivity contribution in [1.29, 1.82) is 0 Å². The lowest BCUT2D eigenvalue weighted by Gasteiger charge is -2.13. The van der Waals surface area contributed by atoms with Gasteiger partial charge in [-0.1, -0.05) is 48.5 Å². The van der Waals surface area contributed by atoms with Gasteiger partial charge in [0.2, 0.25) is 0 Å². The molecule has 1 aliphatic rings. The van der Waals surface area contributed by atoms with Crippen molar-refractivity contribution >= 4 is 23.3 Å². The number of carbonyl (C=O) groups excluding carboxylic acids is 1. The highest BCUT2D eigenvalue weighted by atomic mass is 32.1. The Morgan fingerprint density at radius 3 is 2.20 bits per heavy atom. The van der Waals surface area contributed by atoms with Crippen molar-refractivity contribution in [3.8, 4) is 11.1 Å². The average Bonchev–Trinajstić information content (AvgIpc) is 2.80. The summed E-state index contributed by atoms with van der Waals surface area (Å²) in [6.07, 6.45) is -0.230. The van der Waals surface area contributed by atoms with Crippen LogP contribution >= 0.6 is 12.2 Å². The zero-order chi connectivity index (χ0) is 13.9. The second-order valence-corrected chi connectivity index (χ2v) is 4.64. The molecule has 0 spiro atoms. The summed E-state index contributed by atoms with van der Waals surface area (Å²) >= 11 is 4.41. The number of carbonyl (C=O) groups is 1. The molecule has 0 atom stereocenters. The standard InChI is InChI=1S/C16H11NO2S/c18-15(17-10-20)9-19-16-13-7-3-1-5-11(13)12-6-2-4-8-14(12)16/h1-8,16H,9H2. The number of amides is 1. The van der Waals surface area contributed by atoms with Crippen LogP contribution in [0.4, 0.5) is 0 Å². The monoisotopic (exact) mass is 281 g/mol. The molecule has 20 heavy (non-hydrogen) atoms. The first-order chi connectivity index (χ1) is 9.81. The van der Waals surface area contributed by atoms with Gasteiger partial charge in [0.25, 0.3) is 5.91 Å². The van der Waals surface area contributed by atoms with Gasteiger partial charge in [0.15, 0.2) is 0 Å². The fourth-order valence-electron chi connectivity index (χ4n) is 2.53. The van der Waals surface area contributed by atoms with Crippen molar-refractivity contribution in [3.05, 3.63) is 59.7 Å². The molecule has 0 aliphatic heterocycles. The van der Waals surface area contributed by atoms with E-state index in [0.29, 0.717) is 0 Å². The number of fused-ring (bicyclic) bond motifs is 3. The van der Waals surface area contributed by atoms with Gasteiger partial charge in [-0.15, -0.1) is 0 Å². The van der Waals surface area contributed by atoms with E-state index >= 15 is 0 Å². The molecule has 3 nitrogen and oxygen atoms in total. The van der Waals surface area contributed by atoms with Crippen LogP contribution in [-0.2, 0) is 9.53 Å². The topological polar surface area (TPSA) is 38.7 Å². The highest BCUT2D eigenvalue weighted by molar-refractivity contribution is 7.78. The number of rotatable bonds is 3. The second-order valence-electron chi connectivity index (χ2n) is 4.46. The average molecular weight is 281 g/mol. The van der Waals surface area contributed by atoms with Crippen LogP contribution in [0.5, 0.6) is 0 Å². The van der Waals surface area contributed by atoms with E-state index in [-0.39, 0.29) is 12.7 Å². The molecule has 1 aliphatic carbocycles. The Bertz CT molecular complexity index is 674. The molecule has 0 heterocycles. The summed E-state index contributed by atoms with van der Waals surface area (Å²) < 4.78 is 5.74. The van der Waals surface area contributed by atoms with Gasteiger partial charge in [-0.2, -0.15) is 4.99 Å². The fourth-order valence-corrected chi connectivity index (χ4v) is 2.63. The maximum absolute atomic E-state index is 11.4. The van der Waals surface area contributed by atoms with Crippen LogP contribution in [0.3, 0.4) is 0 Å². The minimum atomic E-state index is -0.415. The first-order valence-electron chi connectivity index (χ1n) is 6.22. The fraction of sp³-hybridized carbons (Fsp3) is 0.125. The van der Waals surface area contributed by atoms with E-state index in [0.717, 1.165) is 22.3 Å². The number of nitrogens with zero attached hydrogens (tertiary/aromatic N) is 1. The number of aliphatic imine (C=N–C) groups is 1. The summed E-state index contributed by atoms with van der Waals surface area (Å²) in [6.45, 7) is -0.100. The third-order valence-electron chi connectivity index (χ3n) is 3.32. The number of hydrogen-bond donors (Lipinski definition) is 0. The molecule has 2 aromatic carbocycles. The van der Waals surface area contributed by atoms with Gasteiger partial charge in [-0.3, -0.25) is 4.79 Å². The van der Waals surface area contributed by atoms with Crippen LogP contribution in [0.1, 0.15) is 17.2 Å². The molecule has 1 amide bonds. The maximum atomic E-state index is 11.4. The first-order valence-corrected chi connectivity index (χ1v) is 6.62. The molecule has 0 saturated carbocycles. The molecular weight excluding hydrogens is 270 g/mol. The zero-order valence-electron chi connectivity index (χ0n) is 10.6. The Balaban J connectivity index is 1.95. The molecule has 98 valence electrons. The Morgan fingerprint density at radius 1 is 1.10 bits per heavy atom. The molecular formula is C16H11NO2S. The lowest BCUT2D eigenvalue weighted by molar-refractivity contribution is -0.123. The molecule has 4 heteroatoms. The van der Waals surface area contributed by atoms with Crippen molar-refractivity contribution in [2.45, 2.75) is 6.10 Å². The third kappa shape index (κ3) is 2.21. The van der Waals surface area contributed by atoms with Crippen molar-refractivity contribution in [2.75, 3.05) is 6.61 Å². The number of benzene rings is 2. The van der Waals surface area contributed by atoms with Crippen molar-refractivity contribution < 1.29 is 9.53 Å². The largest absolute Gasteiger partial charge is 0.359 e. The smallest absolute Gasteiger partial charge is 0.280 e. The molecule has 0 radical (unpaired) electrons. The van der Waals surface area contributed by atoms with Crippen LogP contribution in [-0.4, -0.2) is 17.7 Å². The van der Waals surface area contributed by atoms with E-state index in [1.807, 2.05) is 36.4 Å². The van der Waals surface area contributed by atoms with Crippen molar-refractivity contribution in [1.82, 2.24) is 0 Å². The van der Waals surface area contributed by atoms with Gasteiger partial charge in [0.1, 0.15) is 12.7 Å². The summed E-state index contributed by atoms with van der Waals surface area (Å²) in [6, 6.07) is 16.1. The Labute approximate surface area is 121 Å². The molecule has 0 saturated heterocycles. The van der Waals surface area contributed by atoms with Crippen LogP contribution in [0.2, 0.25) is 0 Å². The lowest BCUT2D eigenvalue weighted by Crippen LogP contribution is -2.10. The van der Waals surface area contributed by atoms with Crippen molar-refractivity contribution in [2.24, 2.45) is 4.99 Å². The SMILES string of the molecule is O=C(COC1c2ccccc2-c2ccccc21)N=C=S. The van der Waals surface area contributed by atoms with E-state index in [1.54, 1.807) is 0 Å². The summed E-state index contributed by atoms with van der Waals surface area (Å²) in [5.74, 6) is -0.415. The van der Waals surface area contributed by atoms with Crippen LogP contribution < -0.4 is 0 Å². The van der Waals surface area contributed by atoms with E-state index in [1.165, 1.54) is 0 Å². The molecule has 0 bridgehead atoms. The summed E-state index contributed by atoms with van der Waals surface area (Å²) in [4.78, 5) is 14.8. The molecule has 0 unspecified atom stereocenters. The number of ether oxygens (including phenoxy) is 1. The predicted molar refractivity (Wildman–Crippen MR) is 79.7 cm³/mol. The normalized spacial score (nSPS) is 12.4. The summed E-state index contributed by atoms with van der Waals surface area (Å²) in [5, 5.41) is 2.06. The summed E-state index contributed by atoms with van der Waals surface area (Å²) in [5.41, 5.74) is 4.46. The van der Waals surface area contributed by atoms with E-state index in [4.69, 9.17) is 4.74 Å². The minimum absolute atomic E-state index is 0.100. The number of hydrogen-bond acceptors (Lipinski definition) is 3. The van der Waals surface area contributed by atoms with Crippen LogP contribution in [0.15, 0.2) is 53.5 Å². The first kappa shape index (κ1) is 12.9. The number of thiocarbonyl (C=S) groups is 1.